The molecule has 2 amide bonds. The number of amides is 2. The van der Waals surface area contributed by atoms with Crippen LogP contribution in [0.5, 0.6) is 0 Å². The number of hydrogen-bond acceptors (Lipinski definition) is 5. The van der Waals surface area contributed by atoms with Gasteiger partial charge < -0.3 is 19.5 Å². The topological polar surface area (TPSA) is 84.7 Å². The van der Waals surface area contributed by atoms with Crippen molar-refractivity contribution in [2.75, 3.05) is 25.0 Å². The second-order valence-electron chi connectivity index (χ2n) is 8.44. The third-order valence-corrected chi connectivity index (χ3v) is 6.07. The molecule has 0 unspecified atom stereocenters. The predicted octanol–water partition coefficient (Wildman–Crippen LogP) is 4.53. The van der Waals surface area contributed by atoms with E-state index in [2.05, 4.69) is 10.5 Å². The summed E-state index contributed by atoms with van der Waals surface area (Å²) in [5.41, 5.74) is 4.48. The SMILES string of the molecule is Cc1cccc(NC(=O)CN(C[C@@H]2CCCO2)C(=O)c2c(-c3ccccc3)noc2C)c1C. The van der Waals surface area contributed by atoms with Crippen molar-refractivity contribution in [2.45, 2.75) is 39.7 Å². The second kappa shape index (κ2) is 10.0. The number of anilines is 1. The van der Waals surface area contributed by atoms with Crippen LogP contribution >= 0.6 is 0 Å². The number of benzene rings is 2. The van der Waals surface area contributed by atoms with Crippen LogP contribution < -0.4 is 5.32 Å². The van der Waals surface area contributed by atoms with Crippen molar-refractivity contribution in [1.29, 1.82) is 0 Å². The molecule has 0 bridgehead atoms. The van der Waals surface area contributed by atoms with Gasteiger partial charge in [0.15, 0.2) is 0 Å². The first-order chi connectivity index (χ1) is 15.9. The summed E-state index contributed by atoms with van der Waals surface area (Å²) in [5.74, 6) is -0.129. The van der Waals surface area contributed by atoms with Gasteiger partial charge in [-0.2, -0.15) is 0 Å². The van der Waals surface area contributed by atoms with Crippen molar-refractivity contribution in [3.8, 4) is 11.3 Å². The molecule has 2 heterocycles. The summed E-state index contributed by atoms with van der Waals surface area (Å²) in [4.78, 5) is 28.2. The summed E-state index contributed by atoms with van der Waals surface area (Å²) in [6, 6.07) is 15.2. The molecule has 33 heavy (non-hydrogen) atoms. The summed E-state index contributed by atoms with van der Waals surface area (Å²) in [7, 11) is 0. The van der Waals surface area contributed by atoms with Crippen LogP contribution in [0.4, 0.5) is 5.69 Å². The van der Waals surface area contributed by atoms with E-state index < -0.39 is 0 Å². The Hall–Kier alpha value is -3.45. The van der Waals surface area contributed by atoms with Crippen LogP contribution in [0.2, 0.25) is 0 Å². The first-order valence-corrected chi connectivity index (χ1v) is 11.2. The van der Waals surface area contributed by atoms with Crippen molar-refractivity contribution < 1.29 is 18.8 Å². The zero-order chi connectivity index (χ0) is 23.4. The van der Waals surface area contributed by atoms with Crippen LogP contribution in [0, 0.1) is 20.8 Å². The summed E-state index contributed by atoms with van der Waals surface area (Å²) >= 11 is 0. The summed E-state index contributed by atoms with van der Waals surface area (Å²) in [5, 5.41) is 7.09. The maximum Gasteiger partial charge on any atom is 0.260 e. The Morgan fingerprint density at radius 1 is 1.09 bits per heavy atom. The van der Waals surface area contributed by atoms with Gasteiger partial charge in [-0.3, -0.25) is 9.59 Å². The largest absolute Gasteiger partial charge is 0.376 e. The van der Waals surface area contributed by atoms with E-state index in [4.69, 9.17) is 9.26 Å². The van der Waals surface area contributed by atoms with Gasteiger partial charge in [0.1, 0.15) is 23.6 Å². The number of nitrogens with zero attached hydrogens (tertiary/aromatic N) is 2. The molecule has 3 aromatic rings. The average Bonchev–Trinajstić information content (AvgIpc) is 3.46. The fourth-order valence-corrected chi connectivity index (χ4v) is 4.08. The molecule has 1 N–H and O–H groups in total. The van der Waals surface area contributed by atoms with E-state index in [0.717, 1.165) is 35.2 Å². The molecule has 0 spiro atoms. The van der Waals surface area contributed by atoms with E-state index in [0.29, 0.717) is 30.2 Å². The highest BCUT2D eigenvalue weighted by Gasteiger charge is 2.30. The molecule has 7 heteroatoms. The quantitative estimate of drug-likeness (QED) is 0.575. The first-order valence-electron chi connectivity index (χ1n) is 11.2. The minimum atomic E-state index is -0.292. The Morgan fingerprint density at radius 3 is 2.61 bits per heavy atom. The highest BCUT2D eigenvalue weighted by Crippen LogP contribution is 2.27. The molecular formula is C26H29N3O4. The van der Waals surface area contributed by atoms with Gasteiger partial charge in [0.25, 0.3) is 5.91 Å². The molecule has 1 fully saturated rings. The smallest absolute Gasteiger partial charge is 0.260 e. The first kappa shape index (κ1) is 22.7. The highest BCUT2D eigenvalue weighted by atomic mass is 16.5. The van der Waals surface area contributed by atoms with E-state index in [-0.39, 0.29) is 24.5 Å². The van der Waals surface area contributed by atoms with E-state index >= 15 is 0 Å². The molecule has 172 valence electrons. The molecule has 1 saturated heterocycles. The molecular weight excluding hydrogens is 418 g/mol. The number of hydrogen-bond donors (Lipinski definition) is 1. The van der Waals surface area contributed by atoms with E-state index in [1.54, 1.807) is 11.8 Å². The number of rotatable bonds is 7. The number of nitrogens with one attached hydrogen (secondary N) is 1. The van der Waals surface area contributed by atoms with Gasteiger partial charge in [-0.25, -0.2) is 0 Å². The Balaban J connectivity index is 1.59. The van der Waals surface area contributed by atoms with Gasteiger partial charge in [0.2, 0.25) is 5.91 Å². The Labute approximate surface area is 193 Å². The fourth-order valence-electron chi connectivity index (χ4n) is 4.08. The van der Waals surface area contributed by atoms with Crippen LogP contribution in [-0.2, 0) is 9.53 Å². The monoisotopic (exact) mass is 447 g/mol. The standard InChI is InChI=1S/C26H29N3O4/c1-17-9-7-13-22(18(17)2)27-23(30)16-29(15-21-12-8-14-32-21)26(31)24-19(3)33-28-25(24)20-10-5-4-6-11-20/h4-7,9-11,13,21H,8,12,14-16H2,1-3H3,(H,27,30)/t21-/m0/s1. The molecule has 1 aromatic heterocycles. The van der Waals surface area contributed by atoms with Crippen LogP contribution in [-0.4, -0.2) is 47.7 Å². The van der Waals surface area contributed by atoms with E-state index in [1.807, 2.05) is 62.4 Å². The van der Waals surface area contributed by atoms with Crippen molar-refractivity contribution in [3.63, 3.8) is 0 Å². The molecule has 7 nitrogen and oxygen atoms in total. The maximum absolute atomic E-state index is 13.7. The number of carbonyl (C=O) groups is 2. The zero-order valence-electron chi connectivity index (χ0n) is 19.3. The van der Waals surface area contributed by atoms with Crippen LogP contribution in [0.3, 0.4) is 0 Å². The minimum Gasteiger partial charge on any atom is -0.376 e. The zero-order valence-corrected chi connectivity index (χ0v) is 19.3. The van der Waals surface area contributed by atoms with Gasteiger partial charge in [-0.15, -0.1) is 0 Å². The van der Waals surface area contributed by atoms with Gasteiger partial charge >= 0.3 is 0 Å². The molecule has 0 saturated carbocycles. The van der Waals surface area contributed by atoms with Crippen LogP contribution in [0.15, 0.2) is 53.1 Å². The average molecular weight is 448 g/mol. The fraction of sp³-hybridized carbons (Fsp3) is 0.346. The summed E-state index contributed by atoms with van der Waals surface area (Å²) in [6.45, 7) is 6.59. The van der Waals surface area contributed by atoms with Gasteiger partial charge in [-0.1, -0.05) is 47.6 Å². The molecule has 2 aromatic carbocycles. The number of aryl methyl sites for hydroxylation is 2. The number of ether oxygens (including phenoxy) is 1. The minimum absolute atomic E-state index is 0.0923. The highest BCUT2D eigenvalue weighted by molar-refractivity contribution is 6.03. The molecule has 1 aliphatic heterocycles. The van der Waals surface area contributed by atoms with Crippen molar-refractivity contribution in [1.82, 2.24) is 10.1 Å². The molecule has 0 aliphatic carbocycles. The van der Waals surface area contributed by atoms with Crippen LogP contribution in [0.1, 0.15) is 40.1 Å². The second-order valence-corrected chi connectivity index (χ2v) is 8.44. The lowest BCUT2D eigenvalue weighted by molar-refractivity contribution is -0.117. The summed E-state index contributed by atoms with van der Waals surface area (Å²) in [6.07, 6.45) is 1.71. The van der Waals surface area contributed by atoms with Gasteiger partial charge in [-0.05, 0) is 50.8 Å². The number of aromatic nitrogens is 1. The van der Waals surface area contributed by atoms with Gasteiger partial charge in [0.05, 0.1) is 6.10 Å². The Bertz CT molecular complexity index is 1130. The van der Waals surface area contributed by atoms with Crippen molar-refractivity contribution >= 4 is 17.5 Å². The van der Waals surface area contributed by atoms with Crippen molar-refractivity contribution in [2.24, 2.45) is 0 Å². The van der Waals surface area contributed by atoms with Gasteiger partial charge in [0, 0.05) is 24.4 Å². The lowest BCUT2D eigenvalue weighted by atomic mass is 10.0. The third kappa shape index (κ3) is 5.14. The number of carbonyl (C=O) groups excluding carboxylic acids is 2. The lowest BCUT2D eigenvalue weighted by Gasteiger charge is -2.25. The van der Waals surface area contributed by atoms with E-state index in [1.165, 1.54) is 0 Å². The molecule has 4 rings (SSSR count). The molecule has 1 aliphatic rings. The maximum atomic E-state index is 13.7. The van der Waals surface area contributed by atoms with E-state index in [9.17, 15) is 9.59 Å². The normalized spacial score (nSPS) is 15.4. The molecule has 0 radical (unpaired) electrons. The summed E-state index contributed by atoms with van der Waals surface area (Å²) < 4.78 is 11.2. The van der Waals surface area contributed by atoms with Crippen LogP contribution in [0.25, 0.3) is 11.3 Å². The lowest BCUT2D eigenvalue weighted by Crippen LogP contribution is -2.42. The van der Waals surface area contributed by atoms with Crippen molar-refractivity contribution in [3.05, 3.63) is 71.0 Å². The molecule has 1 atom stereocenters. The third-order valence-electron chi connectivity index (χ3n) is 6.07. The Morgan fingerprint density at radius 2 is 1.88 bits per heavy atom. The predicted molar refractivity (Wildman–Crippen MR) is 126 cm³/mol. The Kier molecular flexibility index (Phi) is 6.89.